The van der Waals surface area contributed by atoms with Crippen molar-refractivity contribution in [3.8, 4) is 0 Å². The van der Waals surface area contributed by atoms with E-state index < -0.39 is 0 Å². The van der Waals surface area contributed by atoms with Gasteiger partial charge in [-0.1, -0.05) is 13.8 Å². The molecule has 0 bridgehead atoms. The number of aliphatic imine (C=N–C) groups is 1. The number of nitrogens with one attached hydrogen (secondary N) is 2. The predicted octanol–water partition coefficient (Wildman–Crippen LogP) is 3.12. The SMILES string of the molecule is CN=C(NCC1CCCN(CC(C)C)C1)NC(C)Cc1c(C)nn(C)c1C.I. The molecule has 1 fully saturated rings. The van der Waals surface area contributed by atoms with E-state index in [4.69, 9.17) is 0 Å². The van der Waals surface area contributed by atoms with Crippen LogP contribution in [-0.2, 0) is 13.5 Å². The minimum atomic E-state index is 0. The molecule has 6 nitrogen and oxygen atoms in total. The summed E-state index contributed by atoms with van der Waals surface area (Å²) in [5, 5.41) is 11.6. The summed E-state index contributed by atoms with van der Waals surface area (Å²) in [5.74, 6) is 2.35. The Kier molecular flexibility index (Phi) is 10.8. The summed E-state index contributed by atoms with van der Waals surface area (Å²) in [6.45, 7) is 15.7. The lowest BCUT2D eigenvalue weighted by molar-refractivity contribution is 0.159. The van der Waals surface area contributed by atoms with Gasteiger partial charge in [-0.15, -0.1) is 24.0 Å². The first kappa shape index (κ1) is 25.2. The van der Waals surface area contributed by atoms with Crippen LogP contribution in [0.2, 0.25) is 0 Å². The Hall–Kier alpha value is -0.830. The molecule has 1 saturated heterocycles. The van der Waals surface area contributed by atoms with Gasteiger partial charge in [0.25, 0.3) is 0 Å². The zero-order valence-electron chi connectivity index (χ0n) is 18.9. The minimum absolute atomic E-state index is 0. The monoisotopic (exact) mass is 504 g/mol. The van der Waals surface area contributed by atoms with E-state index in [1.54, 1.807) is 0 Å². The van der Waals surface area contributed by atoms with Gasteiger partial charge in [-0.25, -0.2) is 0 Å². The molecule has 0 aromatic carbocycles. The molecule has 2 heterocycles. The second-order valence-corrected chi connectivity index (χ2v) is 8.64. The maximum Gasteiger partial charge on any atom is 0.191 e. The van der Waals surface area contributed by atoms with Crippen LogP contribution >= 0.6 is 24.0 Å². The Bertz CT molecular complexity index is 625. The maximum atomic E-state index is 4.53. The molecule has 2 unspecified atom stereocenters. The van der Waals surface area contributed by atoms with Crippen LogP contribution in [0.15, 0.2) is 4.99 Å². The minimum Gasteiger partial charge on any atom is -0.356 e. The molecule has 0 radical (unpaired) electrons. The first-order valence-corrected chi connectivity index (χ1v) is 10.5. The first-order chi connectivity index (χ1) is 12.8. The van der Waals surface area contributed by atoms with Crippen molar-refractivity contribution in [2.45, 2.75) is 59.9 Å². The largest absolute Gasteiger partial charge is 0.356 e. The first-order valence-electron chi connectivity index (χ1n) is 10.5. The average molecular weight is 505 g/mol. The van der Waals surface area contributed by atoms with Gasteiger partial charge < -0.3 is 15.5 Å². The summed E-state index contributed by atoms with van der Waals surface area (Å²) in [6, 6.07) is 0.307. The van der Waals surface area contributed by atoms with Crippen molar-refractivity contribution < 1.29 is 0 Å². The zero-order valence-corrected chi connectivity index (χ0v) is 21.2. The number of hydrogen-bond acceptors (Lipinski definition) is 3. The second kappa shape index (κ2) is 12.0. The summed E-state index contributed by atoms with van der Waals surface area (Å²) in [5.41, 5.74) is 3.71. The molecule has 1 aliphatic rings. The highest BCUT2D eigenvalue weighted by molar-refractivity contribution is 14.0. The topological polar surface area (TPSA) is 57.5 Å². The Morgan fingerprint density at radius 1 is 1.29 bits per heavy atom. The van der Waals surface area contributed by atoms with Crippen LogP contribution in [-0.4, -0.2) is 59.9 Å². The number of likely N-dealkylation sites (tertiary alicyclic amines) is 1. The molecule has 2 rings (SSSR count). The molecule has 162 valence electrons. The van der Waals surface area contributed by atoms with Crippen LogP contribution < -0.4 is 10.6 Å². The third-order valence-electron chi connectivity index (χ3n) is 5.56. The molecule has 7 heteroatoms. The van der Waals surface area contributed by atoms with Crippen molar-refractivity contribution in [3.63, 3.8) is 0 Å². The Morgan fingerprint density at radius 3 is 2.57 bits per heavy atom. The molecule has 0 spiro atoms. The van der Waals surface area contributed by atoms with Gasteiger partial charge in [0.05, 0.1) is 5.69 Å². The van der Waals surface area contributed by atoms with Crippen molar-refractivity contribution >= 4 is 29.9 Å². The van der Waals surface area contributed by atoms with Gasteiger partial charge in [-0.05, 0) is 64.0 Å². The molecular weight excluding hydrogens is 463 g/mol. The van der Waals surface area contributed by atoms with Gasteiger partial charge in [0, 0.05) is 45.5 Å². The molecule has 1 aromatic heterocycles. The predicted molar refractivity (Wildman–Crippen MR) is 130 cm³/mol. The van der Waals surface area contributed by atoms with Crippen LogP contribution in [0.1, 0.15) is 50.6 Å². The lowest BCUT2D eigenvalue weighted by atomic mass is 9.97. The van der Waals surface area contributed by atoms with Crippen molar-refractivity contribution in [1.29, 1.82) is 0 Å². The number of nitrogens with zero attached hydrogens (tertiary/aromatic N) is 4. The molecule has 1 aromatic rings. The van der Waals surface area contributed by atoms with Crippen LogP contribution in [0.5, 0.6) is 0 Å². The van der Waals surface area contributed by atoms with Crippen molar-refractivity contribution in [3.05, 3.63) is 17.0 Å². The van der Waals surface area contributed by atoms with Crippen LogP contribution in [0.4, 0.5) is 0 Å². The van der Waals surface area contributed by atoms with Crippen molar-refractivity contribution in [2.75, 3.05) is 33.2 Å². The molecular formula is C21H41IN6. The van der Waals surface area contributed by atoms with Gasteiger partial charge in [0.15, 0.2) is 5.96 Å². The van der Waals surface area contributed by atoms with Gasteiger partial charge in [-0.3, -0.25) is 9.67 Å². The average Bonchev–Trinajstić information content (AvgIpc) is 2.84. The molecule has 2 N–H and O–H groups in total. The molecule has 0 saturated carbocycles. The number of hydrogen-bond donors (Lipinski definition) is 2. The lowest BCUT2D eigenvalue weighted by Crippen LogP contribution is -2.47. The number of guanidine groups is 1. The normalized spacial score (nSPS) is 19.4. The van der Waals surface area contributed by atoms with Crippen LogP contribution in [0.25, 0.3) is 0 Å². The highest BCUT2D eigenvalue weighted by Gasteiger charge is 2.21. The van der Waals surface area contributed by atoms with E-state index in [9.17, 15) is 0 Å². The Morgan fingerprint density at radius 2 is 2.00 bits per heavy atom. The van der Waals surface area contributed by atoms with Gasteiger partial charge in [-0.2, -0.15) is 5.10 Å². The standard InChI is InChI=1S/C21H40N6.HI/c1-15(2)13-27-10-8-9-19(14-27)12-23-21(22-6)24-16(3)11-20-17(4)25-26(7)18(20)5;/h15-16,19H,8-14H2,1-7H3,(H2,22,23,24);1H. The fraction of sp³-hybridized carbons (Fsp3) is 0.810. The number of aryl methyl sites for hydroxylation is 2. The number of rotatable bonds is 7. The zero-order chi connectivity index (χ0) is 20.0. The van der Waals surface area contributed by atoms with Crippen molar-refractivity contribution in [2.24, 2.45) is 23.9 Å². The molecule has 2 atom stereocenters. The summed E-state index contributed by atoms with van der Waals surface area (Å²) >= 11 is 0. The number of halogens is 1. The van der Waals surface area contributed by atoms with E-state index in [0.29, 0.717) is 12.0 Å². The van der Waals surface area contributed by atoms with Gasteiger partial charge >= 0.3 is 0 Å². The van der Waals surface area contributed by atoms with E-state index in [2.05, 4.69) is 60.2 Å². The smallest absolute Gasteiger partial charge is 0.191 e. The Balaban J connectivity index is 0.00000392. The Labute approximate surface area is 189 Å². The summed E-state index contributed by atoms with van der Waals surface area (Å²) < 4.78 is 1.97. The summed E-state index contributed by atoms with van der Waals surface area (Å²) in [4.78, 5) is 7.05. The molecule has 0 amide bonds. The van der Waals surface area contributed by atoms with Crippen LogP contribution in [0.3, 0.4) is 0 Å². The van der Waals surface area contributed by atoms with E-state index in [1.165, 1.54) is 43.7 Å². The number of piperidine rings is 1. The van der Waals surface area contributed by atoms with Crippen molar-refractivity contribution in [1.82, 2.24) is 25.3 Å². The van der Waals surface area contributed by atoms with Gasteiger partial charge in [0.1, 0.15) is 0 Å². The van der Waals surface area contributed by atoms with Crippen LogP contribution in [0, 0.1) is 25.7 Å². The maximum absolute atomic E-state index is 4.53. The molecule has 28 heavy (non-hydrogen) atoms. The highest BCUT2D eigenvalue weighted by atomic mass is 127. The fourth-order valence-corrected chi connectivity index (χ4v) is 4.14. The van der Waals surface area contributed by atoms with E-state index in [0.717, 1.165) is 30.5 Å². The van der Waals surface area contributed by atoms with Gasteiger partial charge in [0.2, 0.25) is 0 Å². The second-order valence-electron chi connectivity index (χ2n) is 8.64. The molecule has 1 aliphatic heterocycles. The van der Waals surface area contributed by atoms with E-state index in [-0.39, 0.29) is 24.0 Å². The summed E-state index contributed by atoms with van der Waals surface area (Å²) in [7, 11) is 3.87. The van der Waals surface area contributed by atoms with E-state index in [1.807, 2.05) is 18.8 Å². The van der Waals surface area contributed by atoms with E-state index >= 15 is 0 Å². The third-order valence-corrected chi connectivity index (χ3v) is 5.56. The number of aromatic nitrogens is 2. The summed E-state index contributed by atoms with van der Waals surface area (Å²) in [6.07, 6.45) is 3.57. The quantitative estimate of drug-likeness (QED) is 0.341. The molecule has 0 aliphatic carbocycles. The lowest BCUT2D eigenvalue weighted by Gasteiger charge is -2.34. The highest BCUT2D eigenvalue weighted by Crippen LogP contribution is 2.17. The third kappa shape index (κ3) is 7.54. The fourth-order valence-electron chi connectivity index (χ4n) is 4.14.